The molecule has 0 unspecified atom stereocenters. The van der Waals surface area contributed by atoms with E-state index in [2.05, 4.69) is 69.0 Å². The Morgan fingerprint density at radius 2 is 1.18 bits per heavy atom. The molecule has 0 aromatic heterocycles. The van der Waals surface area contributed by atoms with Crippen LogP contribution in [0.1, 0.15) is 78.1 Å². The van der Waals surface area contributed by atoms with Gasteiger partial charge in [0.15, 0.2) is 0 Å². The average molecular weight is 301 g/mol. The van der Waals surface area contributed by atoms with Crippen molar-refractivity contribution >= 4 is 0 Å². The molecule has 0 aliphatic rings. The van der Waals surface area contributed by atoms with Gasteiger partial charge in [-0.1, -0.05) is 74.6 Å². The van der Waals surface area contributed by atoms with Crippen LogP contribution in [0.3, 0.4) is 0 Å². The van der Waals surface area contributed by atoms with E-state index in [9.17, 15) is 0 Å². The standard InChI is InChI=1S/C22H36/c1-4-6-7-8-9-10-11-12-13-14-15-16-17-18-19-20-21-22(3)5-2/h6-7,9-10,15-16,18-19H,3-5,8,11-14,17,20-21H2,1-2H3/b7-6-,10-9-,16-15-,19-18-. The molecule has 0 bridgehead atoms. The smallest absolute Gasteiger partial charge is 0.0169 e. The second-order valence-electron chi connectivity index (χ2n) is 5.69. The van der Waals surface area contributed by atoms with Gasteiger partial charge in [-0.25, -0.2) is 0 Å². The van der Waals surface area contributed by atoms with Crippen LogP contribution >= 0.6 is 0 Å². The van der Waals surface area contributed by atoms with E-state index in [-0.39, 0.29) is 0 Å². The van der Waals surface area contributed by atoms with Crippen molar-refractivity contribution in [3.05, 3.63) is 60.8 Å². The highest BCUT2D eigenvalue weighted by Crippen LogP contribution is 2.07. The van der Waals surface area contributed by atoms with Gasteiger partial charge in [0, 0.05) is 0 Å². The molecule has 0 saturated heterocycles. The first-order chi connectivity index (χ1) is 10.8. The lowest BCUT2D eigenvalue weighted by molar-refractivity contribution is 0.760. The quantitative estimate of drug-likeness (QED) is 0.227. The van der Waals surface area contributed by atoms with Gasteiger partial charge in [-0.3, -0.25) is 0 Å². The van der Waals surface area contributed by atoms with Crippen molar-refractivity contribution in [1.82, 2.24) is 0 Å². The first-order valence-corrected chi connectivity index (χ1v) is 9.07. The summed E-state index contributed by atoms with van der Waals surface area (Å²) in [6.07, 6.45) is 29.9. The normalized spacial score (nSPS) is 12.5. The topological polar surface area (TPSA) is 0 Å². The molecule has 0 N–H and O–H groups in total. The Morgan fingerprint density at radius 3 is 1.68 bits per heavy atom. The highest BCUT2D eigenvalue weighted by Gasteiger charge is 1.87. The molecule has 0 aliphatic heterocycles. The Balaban J connectivity index is 3.35. The zero-order chi connectivity index (χ0) is 16.3. The van der Waals surface area contributed by atoms with E-state index >= 15 is 0 Å². The second-order valence-corrected chi connectivity index (χ2v) is 5.69. The summed E-state index contributed by atoms with van der Waals surface area (Å²) < 4.78 is 0. The molecule has 0 rings (SSSR count). The fraction of sp³-hybridized carbons (Fsp3) is 0.545. The fourth-order valence-electron chi connectivity index (χ4n) is 2.05. The van der Waals surface area contributed by atoms with Crippen LogP contribution in [-0.4, -0.2) is 0 Å². The molecule has 0 heteroatoms. The zero-order valence-corrected chi connectivity index (χ0v) is 14.9. The van der Waals surface area contributed by atoms with Crippen molar-refractivity contribution in [1.29, 1.82) is 0 Å². The maximum atomic E-state index is 4.02. The number of hydrogen-bond acceptors (Lipinski definition) is 0. The molecule has 0 fully saturated rings. The molecular weight excluding hydrogens is 264 g/mol. The summed E-state index contributed by atoms with van der Waals surface area (Å²) >= 11 is 0. The van der Waals surface area contributed by atoms with Crippen molar-refractivity contribution in [2.24, 2.45) is 0 Å². The average Bonchev–Trinajstić information content (AvgIpc) is 2.54. The lowest BCUT2D eigenvalue weighted by Gasteiger charge is -1.96. The largest absolute Gasteiger partial charge is 0.0999 e. The fourth-order valence-corrected chi connectivity index (χ4v) is 2.05. The molecule has 0 aromatic rings. The molecule has 0 radical (unpaired) electrons. The minimum atomic E-state index is 1.07. The summed E-state index contributed by atoms with van der Waals surface area (Å²) in [6, 6.07) is 0. The SMILES string of the molecule is C=C(CC)CC/C=C\C/C=C\CCCC/C=C\C/C=C\CC. The van der Waals surface area contributed by atoms with Crippen molar-refractivity contribution in [2.75, 3.05) is 0 Å². The van der Waals surface area contributed by atoms with Crippen LogP contribution < -0.4 is 0 Å². The van der Waals surface area contributed by atoms with Gasteiger partial charge in [0.05, 0.1) is 0 Å². The summed E-state index contributed by atoms with van der Waals surface area (Å²) in [5.41, 5.74) is 1.36. The van der Waals surface area contributed by atoms with Crippen molar-refractivity contribution in [3.8, 4) is 0 Å². The molecular formula is C22H36. The van der Waals surface area contributed by atoms with Gasteiger partial charge in [0.25, 0.3) is 0 Å². The van der Waals surface area contributed by atoms with Crippen molar-refractivity contribution in [3.63, 3.8) is 0 Å². The number of allylic oxidation sites excluding steroid dienone is 9. The molecule has 124 valence electrons. The Hall–Kier alpha value is -1.30. The van der Waals surface area contributed by atoms with Crippen molar-refractivity contribution in [2.45, 2.75) is 78.1 Å². The molecule has 0 saturated carbocycles. The molecule has 0 amide bonds. The van der Waals surface area contributed by atoms with Crippen LogP contribution in [0, 0.1) is 0 Å². The lowest BCUT2D eigenvalue weighted by atomic mass is 10.1. The lowest BCUT2D eigenvalue weighted by Crippen LogP contribution is -1.76. The number of hydrogen-bond donors (Lipinski definition) is 0. The van der Waals surface area contributed by atoms with E-state index in [1.807, 2.05) is 0 Å². The van der Waals surface area contributed by atoms with E-state index in [1.54, 1.807) is 0 Å². The summed E-state index contributed by atoms with van der Waals surface area (Å²) in [5.74, 6) is 0. The maximum Gasteiger partial charge on any atom is -0.0169 e. The van der Waals surface area contributed by atoms with Crippen LogP contribution in [0.15, 0.2) is 60.8 Å². The van der Waals surface area contributed by atoms with Crippen LogP contribution in [0.25, 0.3) is 0 Å². The van der Waals surface area contributed by atoms with Gasteiger partial charge < -0.3 is 0 Å². The van der Waals surface area contributed by atoms with Gasteiger partial charge in [-0.15, -0.1) is 0 Å². The third-order valence-corrected chi connectivity index (χ3v) is 3.60. The monoisotopic (exact) mass is 300 g/mol. The molecule has 0 spiro atoms. The highest BCUT2D eigenvalue weighted by molar-refractivity contribution is 4.98. The molecule has 22 heavy (non-hydrogen) atoms. The molecule has 0 heterocycles. The zero-order valence-electron chi connectivity index (χ0n) is 14.9. The van der Waals surface area contributed by atoms with Crippen LogP contribution in [0.4, 0.5) is 0 Å². The van der Waals surface area contributed by atoms with Gasteiger partial charge in [-0.2, -0.15) is 0 Å². The minimum absolute atomic E-state index is 1.07. The minimum Gasteiger partial charge on any atom is -0.0999 e. The third kappa shape index (κ3) is 16.8. The van der Waals surface area contributed by atoms with E-state index in [4.69, 9.17) is 0 Å². The Labute approximate surface area is 139 Å². The van der Waals surface area contributed by atoms with Crippen LogP contribution in [0.2, 0.25) is 0 Å². The molecule has 0 aromatic carbocycles. The van der Waals surface area contributed by atoms with E-state index in [0.717, 1.165) is 38.5 Å². The molecule has 0 atom stereocenters. The Morgan fingerprint density at radius 1 is 0.682 bits per heavy atom. The first kappa shape index (κ1) is 20.7. The van der Waals surface area contributed by atoms with Crippen LogP contribution in [-0.2, 0) is 0 Å². The predicted molar refractivity (Wildman–Crippen MR) is 103 cm³/mol. The van der Waals surface area contributed by atoms with E-state index < -0.39 is 0 Å². The van der Waals surface area contributed by atoms with Gasteiger partial charge >= 0.3 is 0 Å². The predicted octanol–water partition coefficient (Wildman–Crippen LogP) is 7.71. The summed E-state index contributed by atoms with van der Waals surface area (Å²) in [4.78, 5) is 0. The number of unbranched alkanes of at least 4 members (excludes halogenated alkanes) is 3. The van der Waals surface area contributed by atoms with Gasteiger partial charge in [0.1, 0.15) is 0 Å². The van der Waals surface area contributed by atoms with Crippen LogP contribution in [0.5, 0.6) is 0 Å². The van der Waals surface area contributed by atoms with E-state index in [1.165, 1.54) is 31.3 Å². The van der Waals surface area contributed by atoms with Crippen molar-refractivity contribution < 1.29 is 0 Å². The molecule has 0 nitrogen and oxygen atoms in total. The third-order valence-electron chi connectivity index (χ3n) is 3.60. The van der Waals surface area contributed by atoms with Gasteiger partial charge in [0.2, 0.25) is 0 Å². The summed E-state index contributed by atoms with van der Waals surface area (Å²) in [6.45, 7) is 8.37. The summed E-state index contributed by atoms with van der Waals surface area (Å²) in [5, 5.41) is 0. The Bertz CT molecular complexity index is 352. The second kappa shape index (κ2) is 17.8. The Kier molecular flexibility index (Phi) is 16.7. The first-order valence-electron chi connectivity index (χ1n) is 9.07. The molecule has 0 aliphatic carbocycles. The van der Waals surface area contributed by atoms with Gasteiger partial charge in [-0.05, 0) is 64.2 Å². The maximum absolute atomic E-state index is 4.02. The number of rotatable bonds is 14. The van der Waals surface area contributed by atoms with E-state index in [0.29, 0.717) is 0 Å². The summed E-state index contributed by atoms with van der Waals surface area (Å²) in [7, 11) is 0. The highest BCUT2D eigenvalue weighted by atomic mass is 13.9.